The van der Waals surface area contributed by atoms with E-state index in [-0.39, 0.29) is 18.6 Å². The van der Waals surface area contributed by atoms with Crippen LogP contribution >= 0.6 is 12.2 Å². The minimum Gasteiger partial charge on any atom is -0.454 e. The maximum Gasteiger partial charge on any atom is 0.231 e. The zero-order valence-electron chi connectivity index (χ0n) is 16.5. The van der Waals surface area contributed by atoms with Crippen molar-refractivity contribution in [3.63, 3.8) is 0 Å². The van der Waals surface area contributed by atoms with Gasteiger partial charge in [0.05, 0.1) is 13.2 Å². The fourth-order valence-electron chi connectivity index (χ4n) is 3.82. The number of benzene rings is 1. The first-order valence-corrected chi connectivity index (χ1v) is 10.6. The van der Waals surface area contributed by atoms with Gasteiger partial charge >= 0.3 is 0 Å². The Balaban J connectivity index is 1.17. The Kier molecular flexibility index (Phi) is 6.68. The summed E-state index contributed by atoms with van der Waals surface area (Å²) in [5.41, 5.74) is 0.738. The van der Waals surface area contributed by atoms with Gasteiger partial charge in [-0.25, -0.2) is 0 Å². The van der Waals surface area contributed by atoms with Crippen LogP contribution in [0.3, 0.4) is 0 Å². The average molecular weight is 421 g/mol. The number of ether oxygens (including phenoxy) is 3. The Morgan fingerprint density at radius 2 is 1.86 bits per heavy atom. The van der Waals surface area contributed by atoms with Crippen molar-refractivity contribution in [2.24, 2.45) is 5.92 Å². The fourth-order valence-corrected chi connectivity index (χ4v) is 4.11. The van der Waals surface area contributed by atoms with Crippen molar-refractivity contribution >= 4 is 28.9 Å². The van der Waals surface area contributed by atoms with E-state index in [1.54, 1.807) is 0 Å². The first-order chi connectivity index (χ1) is 14.2. The number of carbonyl (C=O) groups excluding carboxylic acids is 1. The monoisotopic (exact) mass is 420 g/mol. The molecule has 0 aliphatic carbocycles. The molecular weight excluding hydrogens is 392 g/mol. The highest BCUT2D eigenvalue weighted by molar-refractivity contribution is 7.80. The molecule has 3 heterocycles. The van der Waals surface area contributed by atoms with Crippen LogP contribution in [0.15, 0.2) is 18.2 Å². The van der Waals surface area contributed by atoms with E-state index in [1.807, 2.05) is 18.2 Å². The van der Waals surface area contributed by atoms with Crippen LogP contribution in [-0.2, 0) is 9.53 Å². The van der Waals surface area contributed by atoms with Crippen molar-refractivity contribution in [3.05, 3.63) is 18.2 Å². The number of rotatable bonds is 5. The Hall–Kier alpha value is -2.10. The minimum atomic E-state index is -0.00665. The predicted octanol–water partition coefficient (Wildman–Crippen LogP) is 1.27. The van der Waals surface area contributed by atoms with Crippen LogP contribution in [-0.4, -0.2) is 80.1 Å². The summed E-state index contributed by atoms with van der Waals surface area (Å²) >= 11 is 5.54. The number of amides is 1. The zero-order chi connectivity index (χ0) is 20.1. The first kappa shape index (κ1) is 20.2. The summed E-state index contributed by atoms with van der Waals surface area (Å²) in [6.45, 7) is 7.22. The molecule has 2 saturated heterocycles. The number of fused-ring (bicyclic) bond motifs is 1. The molecule has 0 radical (unpaired) electrons. The Labute approximate surface area is 176 Å². The first-order valence-electron chi connectivity index (χ1n) is 10.2. The van der Waals surface area contributed by atoms with Crippen LogP contribution in [0.2, 0.25) is 0 Å². The van der Waals surface area contributed by atoms with E-state index >= 15 is 0 Å². The molecular formula is C20H28N4O4S. The van der Waals surface area contributed by atoms with E-state index in [0.717, 1.165) is 76.1 Å². The molecule has 0 aromatic heterocycles. The third-order valence-corrected chi connectivity index (χ3v) is 6.00. The van der Waals surface area contributed by atoms with Crippen molar-refractivity contribution in [2.45, 2.75) is 12.8 Å². The highest BCUT2D eigenvalue weighted by Gasteiger charge is 2.26. The molecule has 0 saturated carbocycles. The summed E-state index contributed by atoms with van der Waals surface area (Å²) in [7, 11) is 0. The molecule has 158 valence electrons. The van der Waals surface area contributed by atoms with Gasteiger partial charge < -0.3 is 29.7 Å². The maximum atomic E-state index is 12.6. The van der Waals surface area contributed by atoms with Gasteiger partial charge in [0.15, 0.2) is 16.6 Å². The molecule has 29 heavy (non-hydrogen) atoms. The molecule has 0 bridgehead atoms. The number of likely N-dealkylation sites (tertiary alicyclic amines) is 1. The lowest BCUT2D eigenvalue weighted by Crippen LogP contribution is -2.48. The van der Waals surface area contributed by atoms with Crippen LogP contribution in [0, 0.1) is 5.92 Å². The standard InChI is InChI=1S/C20H28N4O4S/c25-19(22-16-1-2-17-18(13-16)28-14-27-17)15-3-6-24(7-4-15)20(29)21-5-8-23-9-11-26-12-10-23/h1-2,13,15H,3-12,14H2,(H,21,29)(H,22,25). The van der Waals surface area contributed by atoms with Gasteiger partial charge in [0, 0.05) is 56.9 Å². The zero-order valence-corrected chi connectivity index (χ0v) is 17.3. The second kappa shape index (κ2) is 9.60. The number of morpholine rings is 1. The average Bonchev–Trinajstić information content (AvgIpc) is 3.22. The highest BCUT2D eigenvalue weighted by atomic mass is 32.1. The molecule has 1 amide bonds. The van der Waals surface area contributed by atoms with Gasteiger partial charge in [-0.2, -0.15) is 0 Å². The Bertz CT molecular complexity index is 733. The van der Waals surface area contributed by atoms with Crippen LogP contribution in [0.25, 0.3) is 0 Å². The van der Waals surface area contributed by atoms with E-state index in [9.17, 15) is 4.79 Å². The number of hydrogen-bond donors (Lipinski definition) is 2. The molecule has 4 rings (SSSR count). The Morgan fingerprint density at radius 3 is 2.66 bits per heavy atom. The van der Waals surface area contributed by atoms with Gasteiger partial charge in [-0.1, -0.05) is 0 Å². The number of carbonyl (C=O) groups is 1. The summed E-state index contributed by atoms with van der Waals surface area (Å²) in [5.74, 6) is 1.43. The van der Waals surface area contributed by atoms with Crippen LogP contribution in [0.1, 0.15) is 12.8 Å². The number of piperidine rings is 1. The molecule has 9 heteroatoms. The maximum absolute atomic E-state index is 12.6. The molecule has 0 atom stereocenters. The van der Waals surface area contributed by atoms with E-state index in [1.165, 1.54) is 0 Å². The molecule has 0 unspecified atom stereocenters. The lowest BCUT2D eigenvalue weighted by molar-refractivity contribution is -0.120. The molecule has 1 aromatic carbocycles. The molecule has 1 aromatic rings. The van der Waals surface area contributed by atoms with E-state index in [2.05, 4.69) is 20.4 Å². The van der Waals surface area contributed by atoms with Crippen molar-refractivity contribution in [2.75, 3.05) is 64.6 Å². The molecule has 8 nitrogen and oxygen atoms in total. The molecule has 2 N–H and O–H groups in total. The van der Waals surface area contributed by atoms with Crippen molar-refractivity contribution < 1.29 is 19.0 Å². The number of hydrogen-bond acceptors (Lipinski definition) is 6. The smallest absolute Gasteiger partial charge is 0.231 e. The second-order valence-corrected chi connectivity index (χ2v) is 7.89. The summed E-state index contributed by atoms with van der Waals surface area (Å²) in [5, 5.41) is 7.14. The van der Waals surface area contributed by atoms with Gasteiger partial charge in [-0.15, -0.1) is 0 Å². The summed E-state index contributed by atoms with van der Waals surface area (Å²) in [6.07, 6.45) is 1.59. The van der Waals surface area contributed by atoms with E-state index < -0.39 is 0 Å². The van der Waals surface area contributed by atoms with Gasteiger partial charge in [0.25, 0.3) is 0 Å². The summed E-state index contributed by atoms with van der Waals surface area (Å²) in [6, 6.07) is 5.47. The van der Waals surface area contributed by atoms with E-state index in [4.69, 9.17) is 26.4 Å². The van der Waals surface area contributed by atoms with E-state index in [0.29, 0.717) is 11.5 Å². The highest BCUT2D eigenvalue weighted by Crippen LogP contribution is 2.34. The van der Waals surface area contributed by atoms with Gasteiger partial charge in [0.1, 0.15) is 0 Å². The Morgan fingerprint density at radius 1 is 1.10 bits per heavy atom. The quantitative estimate of drug-likeness (QED) is 0.690. The summed E-state index contributed by atoms with van der Waals surface area (Å²) < 4.78 is 16.0. The second-order valence-electron chi connectivity index (χ2n) is 7.50. The normalized spacial score (nSPS) is 19.8. The largest absolute Gasteiger partial charge is 0.454 e. The molecule has 3 aliphatic heterocycles. The van der Waals surface area contributed by atoms with Crippen LogP contribution in [0.5, 0.6) is 11.5 Å². The number of nitrogens with one attached hydrogen (secondary N) is 2. The minimum absolute atomic E-state index is 0.00665. The third-order valence-electron chi connectivity index (χ3n) is 5.60. The molecule has 0 spiro atoms. The van der Waals surface area contributed by atoms with Crippen LogP contribution in [0.4, 0.5) is 5.69 Å². The topological polar surface area (TPSA) is 75.3 Å². The molecule has 3 aliphatic rings. The van der Waals surface area contributed by atoms with Crippen molar-refractivity contribution in [1.29, 1.82) is 0 Å². The van der Waals surface area contributed by atoms with Crippen molar-refractivity contribution in [1.82, 2.24) is 15.1 Å². The SMILES string of the molecule is O=C(Nc1ccc2c(c1)OCO2)C1CCN(C(=S)NCCN2CCOCC2)CC1. The van der Waals surface area contributed by atoms with Crippen LogP contribution < -0.4 is 20.1 Å². The third kappa shape index (κ3) is 5.29. The fraction of sp³-hybridized carbons (Fsp3) is 0.600. The van der Waals surface area contributed by atoms with Gasteiger partial charge in [-0.05, 0) is 37.2 Å². The lowest BCUT2D eigenvalue weighted by Gasteiger charge is -2.34. The molecule has 2 fully saturated rings. The number of anilines is 1. The number of nitrogens with zero attached hydrogens (tertiary/aromatic N) is 2. The van der Waals surface area contributed by atoms with Crippen molar-refractivity contribution in [3.8, 4) is 11.5 Å². The number of thiocarbonyl (C=S) groups is 1. The van der Waals surface area contributed by atoms with Gasteiger partial charge in [0.2, 0.25) is 12.7 Å². The lowest BCUT2D eigenvalue weighted by atomic mass is 9.96. The van der Waals surface area contributed by atoms with Gasteiger partial charge in [-0.3, -0.25) is 9.69 Å². The predicted molar refractivity (Wildman–Crippen MR) is 113 cm³/mol. The summed E-state index contributed by atoms with van der Waals surface area (Å²) in [4.78, 5) is 17.2.